The van der Waals surface area contributed by atoms with Gasteiger partial charge in [-0.25, -0.2) is 0 Å². The van der Waals surface area contributed by atoms with Crippen LogP contribution in [0.2, 0.25) is 0 Å². The molecule has 0 spiro atoms. The Balaban J connectivity index is 1.46. The van der Waals surface area contributed by atoms with E-state index in [9.17, 15) is 4.79 Å². The van der Waals surface area contributed by atoms with Gasteiger partial charge in [0.15, 0.2) is 0 Å². The van der Waals surface area contributed by atoms with Crippen LogP contribution in [0.4, 0.5) is 0 Å². The third-order valence-corrected chi connectivity index (χ3v) is 6.45. The Kier molecular flexibility index (Phi) is 6.96. The monoisotopic (exact) mass is 335 g/mol. The summed E-state index contributed by atoms with van der Waals surface area (Å²) in [5.41, 5.74) is 0. The zero-order valence-electron chi connectivity index (χ0n) is 15.7. The van der Waals surface area contributed by atoms with Gasteiger partial charge in [-0.15, -0.1) is 0 Å². The van der Waals surface area contributed by atoms with E-state index >= 15 is 0 Å². The van der Waals surface area contributed by atoms with Crippen molar-refractivity contribution in [3.63, 3.8) is 0 Å². The number of carbonyl (C=O) groups is 1. The van der Waals surface area contributed by atoms with E-state index in [1.165, 1.54) is 84.0 Å². The molecule has 2 heterocycles. The summed E-state index contributed by atoms with van der Waals surface area (Å²) >= 11 is 0. The van der Waals surface area contributed by atoms with Gasteiger partial charge in [0, 0.05) is 39.1 Å². The lowest BCUT2D eigenvalue weighted by molar-refractivity contribution is -0.130. The molecule has 1 saturated carbocycles. The highest BCUT2D eigenvalue weighted by atomic mass is 16.2. The van der Waals surface area contributed by atoms with E-state index in [-0.39, 0.29) is 5.91 Å². The molecule has 138 valence electrons. The molecule has 0 radical (unpaired) electrons. The number of carbonyl (C=O) groups excluding carboxylic acids is 1. The van der Waals surface area contributed by atoms with Crippen LogP contribution in [0.25, 0.3) is 0 Å². The summed E-state index contributed by atoms with van der Waals surface area (Å²) in [5.74, 6) is 0.953. The predicted molar refractivity (Wildman–Crippen MR) is 99.1 cm³/mol. The second-order valence-electron chi connectivity index (χ2n) is 8.31. The lowest BCUT2D eigenvalue weighted by atomic mass is 9.95. The van der Waals surface area contributed by atoms with Crippen LogP contribution in [-0.2, 0) is 4.79 Å². The van der Waals surface area contributed by atoms with Crippen molar-refractivity contribution in [1.82, 2.24) is 14.7 Å². The highest BCUT2D eigenvalue weighted by Crippen LogP contribution is 2.28. The summed E-state index contributed by atoms with van der Waals surface area (Å²) in [6.45, 7) is 9.69. The summed E-state index contributed by atoms with van der Waals surface area (Å²) in [4.78, 5) is 19.5. The molecule has 1 unspecified atom stereocenters. The van der Waals surface area contributed by atoms with Gasteiger partial charge >= 0.3 is 0 Å². The van der Waals surface area contributed by atoms with Crippen molar-refractivity contribution in [2.24, 2.45) is 5.92 Å². The largest absolute Gasteiger partial charge is 0.341 e. The molecular formula is C20H37N3O. The molecule has 4 nitrogen and oxygen atoms in total. The Bertz CT molecular complexity index is 388. The Morgan fingerprint density at radius 1 is 0.958 bits per heavy atom. The van der Waals surface area contributed by atoms with Crippen LogP contribution in [0, 0.1) is 5.92 Å². The van der Waals surface area contributed by atoms with E-state index < -0.39 is 0 Å². The third-order valence-electron chi connectivity index (χ3n) is 6.45. The van der Waals surface area contributed by atoms with Crippen LogP contribution in [0.1, 0.15) is 64.7 Å². The van der Waals surface area contributed by atoms with Crippen LogP contribution in [0.15, 0.2) is 0 Å². The minimum absolute atomic E-state index is 0.269. The Labute approximate surface area is 148 Å². The molecule has 3 rings (SSSR count). The molecule has 0 aromatic rings. The first-order valence-electron chi connectivity index (χ1n) is 10.4. The molecule has 24 heavy (non-hydrogen) atoms. The van der Waals surface area contributed by atoms with E-state index in [0.717, 1.165) is 25.7 Å². The number of rotatable bonds is 6. The van der Waals surface area contributed by atoms with Gasteiger partial charge in [0.1, 0.15) is 0 Å². The van der Waals surface area contributed by atoms with E-state index in [1.54, 1.807) is 6.92 Å². The second kappa shape index (κ2) is 9.19. The fourth-order valence-corrected chi connectivity index (χ4v) is 4.98. The summed E-state index contributed by atoms with van der Waals surface area (Å²) in [6.07, 6.45) is 12.3. The quantitative estimate of drug-likeness (QED) is 0.747. The van der Waals surface area contributed by atoms with Gasteiger partial charge in [0.2, 0.25) is 5.91 Å². The van der Waals surface area contributed by atoms with Crippen LogP contribution in [0.5, 0.6) is 0 Å². The zero-order valence-corrected chi connectivity index (χ0v) is 15.7. The molecule has 0 aromatic heterocycles. The minimum atomic E-state index is 0.269. The summed E-state index contributed by atoms with van der Waals surface area (Å²) < 4.78 is 0. The molecule has 1 amide bonds. The van der Waals surface area contributed by atoms with Crippen LogP contribution in [0.3, 0.4) is 0 Å². The number of hydrogen-bond acceptors (Lipinski definition) is 3. The Morgan fingerprint density at radius 2 is 1.71 bits per heavy atom. The van der Waals surface area contributed by atoms with Crippen LogP contribution >= 0.6 is 0 Å². The van der Waals surface area contributed by atoms with Crippen molar-refractivity contribution >= 4 is 5.91 Å². The van der Waals surface area contributed by atoms with Crippen molar-refractivity contribution in [2.75, 3.05) is 45.8 Å². The molecule has 0 bridgehead atoms. The molecule has 2 aliphatic heterocycles. The van der Waals surface area contributed by atoms with Crippen molar-refractivity contribution in [3.8, 4) is 0 Å². The Morgan fingerprint density at radius 3 is 2.42 bits per heavy atom. The Hall–Kier alpha value is -0.610. The van der Waals surface area contributed by atoms with Gasteiger partial charge in [0.05, 0.1) is 0 Å². The molecule has 2 saturated heterocycles. The van der Waals surface area contributed by atoms with Gasteiger partial charge in [-0.1, -0.05) is 19.3 Å². The van der Waals surface area contributed by atoms with Crippen molar-refractivity contribution in [3.05, 3.63) is 0 Å². The maximum absolute atomic E-state index is 12.1. The third kappa shape index (κ3) is 5.19. The number of nitrogens with zero attached hydrogens (tertiary/aromatic N) is 3. The summed E-state index contributed by atoms with van der Waals surface area (Å²) in [7, 11) is 0. The van der Waals surface area contributed by atoms with Gasteiger partial charge in [-0.2, -0.15) is 0 Å². The minimum Gasteiger partial charge on any atom is -0.341 e. The van der Waals surface area contributed by atoms with Crippen molar-refractivity contribution in [2.45, 2.75) is 70.8 Å². The molecule has 0 N–H and O–H groups in total. The van der Waals surface area contributed by atoms with Gasteiger partial charge in [-0.3, -0.25) is 4.79 Å². The SMILES string of the molecule is CC(=O)N(CCN1CCCCC1)CC1CCCN(C2CCCC2)C1. The predicted octanol–water partition coefficient (Wildman–Crippen LogP) is 2.98. The first-order valence-corrected chi connectivity index (χ1v) is 10.4. The van der Waals surface area contributed by atoms with Gasteiger partial charge in [0.25, 0.3) is 0 Å². The average molecular weight is 336 g/mol. The van der Waals surface area contributed by atoms with E-state index in [0.29, 0.717) is 5.92 Å². The van der Waals surface area contributed by atoms with Crippen LogP contribution in [-0.4, -0.2) is 72.5 Å². The number of hydrogen-bond donors (Lipinski definition) is 0. The first-order chi connectivity index (χ1) is 11.7. The van der Waals surface area contributed by atoms with E-state index in [1.807, 2.05) is 0 Å². The van der Waals surface area contributed by atoms with Gasteiger partial charge < -0.3 is 14.7 Å². The maximum atomic E-state index is 12.1. The first kappa shape index (κ1) is 18.2. The molecule has 3 aliphatic rings. The molecule has 3 fully saturated rings. The van der Waals surface area contributed by atoms with Crippen LogP contribution < -0.4 is 0 Å². The highest BCUT2D eigenvalue weighted by molar-refractivity contribution is 5.73. The van der Waals surface area contributed by atoms with E-state index in [4.69, 9.17) is 0 Å². The number of amides is 1. The molecule has 1 atom stereocenters. The van der Waals surface area contributed by atoms with Crippen molar-refractivity contribution in [1.29, 1.82) is 0 Å². The van der Waals surface area contributed by atoms with Gasteiger partial charge in [-0.05, 0) is 64.1 Å². The lowest BCUT2D eigenvalue weighted by Crippen LogP contribution is -2.47. The molecule has 0 aromatic carbocycles. The highest BCUT2D eigenvalue weighted by Gasteiger charge is 2.29. The number of piperidine rings is 2. The molecule has 4 heteroatoms. The molecule has 1 aliphatic carbocycles. The zero-order chi connectivity index (χ0) is 16.8. The topological polar surface area (TPSA) is 26.8 Å². The lowest BCUT2D eigenvalue weighted by Gasteiger charge is -2.39. The fraction of sp³-hybridized carbons (Fsp3) is 0.950. The normalized spacial score (nSPS) is 27.5. The summed E-state index contributed by atoms with van der Waals surface area (Å²) in [5, 5.41) is 0. The average Bonchev–Trinajstić information content (AvgIpc) is 3.14. The van der Waals surface area contributed by atoms with E-state index in [2.05, 4.69) is 14.7 Å². The smallest absolute Gasteiger partial charge is 0.219 e. The van der Waals surface area contributed by atoms with Crippen molar-refractivity contribution < 1.29 is 4.79 Å². The summed E-state index contributed by atoms with van der Waals surface area (Å²) in [6, 6.07) is 0.840. The number of likely N-dealkylation sites (tertiary alicyclic amines) is 2. The fourth-order valence-electron chi connectivity index (χ4n) is 4.98. The second-order valence-corrected chi connectivity index (χ2v) is 8.31. The maximum Gasteiger partial charge on any atom is 0.219 e. The molecular weight excluding hydrogens is 298 g/mol. The standard InChI is InChI=1S/C20H37N3O/c1-18(24)22(15-14-21-11-5-2-6-12-21)16-19-8-7-13-23(17-19)20-9-3-4-10-20/h19-20H,2-17H2,1H3.